The summed E-state index contributed by atoms with van der Waals surface area (Å²) in [5, 5.41) is 2.16. The first-order valence-corrected chi connectivity index (χ1v) is 9.36. The fourth-order valence-electron chi connectivity index (χ4n) is 2.38. The third kappa shape index (κ3) is 4.76. The standard InChI is InChI=1S/C19H18F3NO5S/c1-5-27-18(25)12-9(4)15(19(26)28-8(2)3)29-17(12)23-16(24)10-6-7-11(20)14(22)13(10)21/h6-8H,5H2,1-4H3,(H,23,24). The number of halogens is 3. The number of carbonyl (C=O) groups excluding carboxylic acids is 3. The summed E-state index contributed by atoms with van der Waals surface area (Å²) in [6.07, 6.45) is -0.427. The van der Waals surface area contributed by atoms with Crippen molar-refractivity contribution >= 4 is 34.2 Å². The number of thiophene rings is 1. The Bertz CT molecular complexity index is 971. The number of rotatable bonds is 6. The highest BCUT2D eigenvalue weighted by atomic mass is 32.1. The molecule has 0 aliphatic rings. The number of esters is 2. The average molecular weight is 429 g/mol. The molecule has 1 aromatic carbocycles. The van der Waals surface area contributed by atoms with Crippen LogP contribution in [-0.4, -0.2) is 30.6 Å². The molecule has 156 valence electrons. The minimum atomic E-state index is -1.80. The van der Waals surface area contributed by atoms with Gasteiger partial charge in [-0.3, -0.25) is 4.79 Å². The molecule has 10 heteroatoms. The molecule has 0 radical (unpaired) electrons. The van der Waals surface area contributed by atoms with Gasteiger partial charge in [0.25, 0.3) is 5.91 Å². The summed E-state index contributed by atoms with van der Waals surface area (Å²) >= 11 is 0.729. The minimum absolute atomic E-state index is 0.0328. The molecule has 1 heterocycles. The molecule has 0 bridgehead atoms. The topological polar surface area (TPSA) is 81.7 Å². The second kappa shape index (κ2) is 9.08. The van der Waals surface area contributed by atoms with Gasteiger partial charge in [0, 0.05) is 0 Å². The summed E-state index contributed by atoms with van der Waals surface area (Å²) in [5.41, 5.74) is -0.667. The molecule has 2 aromatic rings. The van der Waals surface area contributed by atoms with Crippen LogP contribution in [0.4, 0.5) is 18.2 Å². The van der Waals surface area contributed by atoms with E-state index >= 15 is 0 Å². The molecule has 0 saturated heterocycles. The molecule has 1 amide bonds. The lowest BCUT2D eigenvalue weighted by Gasteiger charge is -2.08. The van der Waals surface area contributed by atoms with E-state index in [1.54, 1.807) is 20.8 Å². The average Bonchev–Trinajstić information content (AvgIpc) is 2.95. The molecule has 1 aromatic heterocycles. The monoisotopic (exact) mass is 429 g/mol. The molecule has 0 spiro atoms. The van der Waals surface area contributed by atoms with Crippen LogP contribution in [-0.2, 0) is 9.47 Å². The highest BCUT2D eigenvalue weighted by Crippen LogP contribution is 2.35. The van der Waals surface area contributed by atoms with Gasteiger partial charge in [0.1, 0.15) is 9.88 Å². The molecule has 0 unspecified atom stereocenters. The highest BCUT2D eigenvalue weighted by Gasteiger charge is 2.29. The fraction of sp³-hybridized carbons (Fsp3) is 0.316. The zero-order valence-electron chi connectivity index (χ0n) is 16.0. The van der Waals surface area contributed by atoms with Crippen LogP contribution in [0.25, 0.3) is 0 Å². The van der Waals surface area contributed by atoms with Crippen molar-refractivity contribution in [3.8, 4) is 0 Å². The van der Waals surface area contributed by atoms with E-state index in [1.165, 1.54) is 6.92 Å². The van der Waals surface area contributed by atoms with E-state index in [2.05, 4.69) is 5.32 Å². The second-order valence-corrected chi connectivity index (χ2v) is 7.13. The van der Waals surface area contributed by atoms with Gasteiger partial charge in [0.2, 0.25) is 0 Å². The van der Waals surface area contributed by atoms with Crippen LogP contribution in [0.2, 0.25) is 0 Å². The third-order valence-electron chi connectivity index (χ3n) is 3.66. The first-order valence-electron chi connectivity index (χ1n) is 8.54. The van der Waals surface area contributed by atoms with Gasteiger partial charge in [0.15, 0.2) is 17.5 Å². The van der Waals surface area contributed by atoms with Crippen LogP contribution in [0, 0.1) is 24.4 Å². The molecule has 0 aliphatic carbocycles. The number of anilines is 1. The first kappa shape index (κ1) is 22.4. The Kier molecular flexibility index (Phi) is 7.02. The van der Waals surface area contributed by atoms with Crippen LogP contribution < -0.4 is 5.32 Å². The van der Waals surface area contributed by atoms with Crippen molar-refractivity contribution in [3.05, 3.63) is 51.2 Å². The Morgan fingerprint density at radius 1 is 1.10 bits per heavy atom. The maximum atomic E-state index is 13.9. The van der Waals surface area contributed by atoms with Crippen LogP contribution in [0.5, 0.6) is 0 Å². The smallest absolute Gasteiger partial charge is 0.348 e. The maximum Gasteiger partial charge on any atom is 0.348 e. The van der Waals surface area contributed by atoms with Gasteiger partial charge >= 0.3 is 11.9 Å². The summed E-state index contributed by atoms with van der Waals surface area (Å²) in [6, 6.07) is 1.37. The maximum absolute atomic E-state index is 13.9. The van der Waals surface area contributed by atoms with Crippen molar-refractivity contribution in [1.82, 2.24) is 0 Å². The van der Waals surface area contributed by atoms with Crippen LogP contribution in [0.15, 0.2) is 12.1 Å². The zero-order chi connectivity index (χ0) is 21.9. The molecule has 0 aliphatic heterocycles. The Labute approximate surface area is 168 Å². The SMILES string of the molecule is CCOC(=O)c1c(NC(=O)c2ccc(F)c(F)c2F)sc(C(=O)OC(C)C)c1C. The normalized spacial score (nSPS) is 10.8. The van der Waals surface area contributed by atoms with Crippen molar-refractivity contribution in [2.24, 2.45) is 0 Å². The van der Waals surface area contributed by atoms with E-state index in [0.717, 1.165) is 17.4 Å². The Hall–Kier alpha value is -2.88. The molecule has 0 saturated carbocycles. The number of hydrogen-bond acceptors (Lipinski definition) is 6. The van der Waals surface area contributed by atoms with Crippen molar-refractivity contribution in [2.75, 3.05) is 11.9 Å². The number of amides is 1. The lowest BCUT2D eigenvalue weighted by Crippen LogP contribution is -2.17. The van der Waals surface area contributed by atoms with E-state index in [1.807, 2.05) is 0 Å². The number of ether oxygens (including phenoxy) is 2. The van der Waals surface area contributed by atoms with Crippen LogP contribution in [0.1, 0.15) is 56.7 Å². The van der Waals surface area contributed by atoms with Gasteiger partial charge in [-0.25, -0.2) is 22.8 Å². The lowest BCUT2D eigenvalue weighted by molar-refractivity contribution is 0.0383. The van der Waals surface area contributed by atoms with Crippen molar-refractivity contribution in [2.45, 2.75) is 33.8 Å². The number of carbonyl (C=O) groups is 3. The molecule has 6 nitrogen and oxygen atoms in total. The van der Waals surface area contributed by atoms with Crippen LogP contribution in [0.3, 0.4) is 0 Å². The molecule has 29 heavy (non-hydrogen) atoms. The Morgan fingerprint density at radius 3 is 2.34 bits per heavy atom. The van der Waals surface area contributed by atoms with Crippen molar-refractivity contribution < 1.29 is 37.0 Å². The van der Waals surface area contributed by atoms with E-state index < -0.39 is 47.0 Å². The lowest BCUT2D eigenvalue weighted by atomic mass is 10.1. The zero-order valence-corrected chi connectivity index (χ0v) is 16.8. The van der Waals surface area contributed by atoms with E-state index in [4.69, 9.17) is 9.47 Å². The molecule has 0 atom stereocenters. The van der Waals surface area contributed by atoms with Gasteiger partial charge in [-0.15, -0.1) is 11.3 Å². The summed E-state index contributed by atoms with van der Waals surface area (Å²) in [7, 11) is 0. The summed E-state index contributed by atoms with van der Waals surface area (Å²) in [5.74, 6) is -7.58. The van der Waals surface area contributed by atoms with E-state index in [-0.39, 0.29) is 27.6 Å². The quantitative estimate of drug-likeness (QED) is 0.541. The number of nitrogens with one attached hydrogen (secondary N) is 1. The summed E-state index contributed by atoms with van der Waals surface area (Å²) in [6.45, 7) is 6.35. The summed E-state index contributed by atoms with van der Waals surface area (Å²) < 4.78 is 50.5. The van der Waals surface area contributed by atoms with Crippen molar-refractivity contribution in [1.29, 1.82) is 0 Å². The predicted octanol–water partition coefficient (Wildman–Crippen LogP) is 4.47. The van der Waals surface area contributed by atoms with Gasteiger partial charge in [-0.05, 0) is 45.4 Å². The fourth-order valence-corrected chi connectivity index (χ4v) is 3.46. The molecular formula is C19H18F3NO5S. The molecule has 0 fully saturated rings. The van der Waals surface area contributed by atoms with Crippen molar-refractivity contribution in [3.63, 3.8) is 0 Å². The largest absolute Gasteiger partial charge is 0.462 e. The number of hydrogen-bond donors (Lipinski definition) is 1. The van der Waals surface area contributed by atoms with Gasteiger partial charge in [0.05, 0.1) is 23.8 Å². The molecule has 2 rings (SSSR count). The number of benzene rings is 1. The summed E-state index contributed by atoms with van der Waals surface area (Å²) in [4.78, 5) is 37.1. The second-order valence-electron chi connectivity index (χ2n) is 6.11. The van der Waals surface area contributed by atoms with Gasteiger partial charge in [-0.2, -0.15) is 0 Å². The molecule has 1 N–H and O–H groups in total. The van der Waals surface area contributed by atoms with E-state index in [0.29, 0.717) is 6.07 Å². The van der Waals surface area contributed by atoms with Crippen LogP contribution >= 0.6 is 11.3 Å². The highest BCUT2D eigenvalue weighted by molar-refractivity contribution is 7.18. The van der Waals surface area contributed by atoms with Gasteiger partial charge in [-0.1, -0.05) is 0 Å². The Balaban J connectivity index is 2.48. The van der Waals surface area contributed by atoms with Gasteiger partial charge < -0.3 is 14.8 Å². The minimum Gasteiger partial charge on any atom is -0.462 e. The first-order chi connectivity index (χ1) is 13.6. The predicted molar refractivity (Wildman–Crippen MR) is 99.8 cm³/mol. The third-order valence-corrected chi connectivity index (χ3v) is 4.85. The van der Waals surface area contributed by atoms with E-state index in [9.17, 15) is 27.6 Å². The molecular weight excluding hydrogens is 411 g/mol. The Morgan fingerprint density at radius 2 is 1.76 bits per heavy atom.